The zero-order chi connectivity index (χ0) is 16.6. The van der Waals surface area contributed by atoms with Gasteiger partial charge in [-0.25, -0.2) is 0 Å². The van der Waals surface area contributed by atoms with Crippen LogP contribution in [0.15, 0.2) is 24.3 Å². The number of aliphatic hydroxyl groups excluding tert-OH is 1. The zero-order valence-corrected chi connectivity index (χ0v) is 14.5. The number of hydrogen-bond donors (Lipinski definition) is 1. The Labute approximate surface area is 139 Å². The Morgan fingerprint density at radius 1 is 1.26 bits per heavy atom. The van der Waals surface area contributed by atoms with Crippen molar-refractivity contribution in [3.63, 3.8) is 0 Å². The molecule has 4 unspecified atom stereocenters. The van der Waals surface area contributed by atoms with Crippen molar-refractivity contribution in [3.05, 3.63) is 35.4 Å². The van der Waals surface area contributed by atoms with E-state index in [2.05, 4.69) is 38.1 Å². The summed E-state index contributed by atoms with van der Waals surface area (Å²) in [5.74, 6) is 1.42. The highest BCUT2D eigenvalue weighted by molar-refractivity contribution is 5.83. The quantitative estimate of drug-likeness (QED) is 0.900. The Balaban J connectivity index is 1.62. The number of nitrogens with zero attached hydrogens (tertiary/aromatic N) is 1. The van der Waals surface area contributed by atoms with Gasteiger partial charge in [-0.15, -0.1) is 0 Å². The second kappa shape index (κ2) is 6.64. The van der Waals surface area contributed by atoms with E-state index in [9.17, 15) is 9.90 Å². The van der Waals surface area contributed by atoms with Gasteiger partial charge in [0.2, 0.25) is 5.91 Å². The van der Waals surface area contributed by atoms with Crippen molar-refractivity contribution in [1.29, 1.82) is 0 Å². The van der Waals surface area contributed by atoms with Crippen molar-refractivity contribution in [3.8, 4) is 0 Å². The molecule has 1 amide bonds. The van der Waals surface area contributed by atoms with Gasteiger partial charge in [0.05, 0.1) is 6.10 Å². The summed E-state index contributed by atoms with van der Waals surface area (Å²) in [6, 6.07) is 9.04. The van der Waals surface area contributed by atoms with Crippen LogP contribution < -0.4 is 0 Å². The van der Waals surface area contributed by atoms with Crippen LogP contribution in [0.25, 0.3) is 0 Å². The SMILES string of the molecule is CC(O)CC1CCCN1C(=O)C1CC1c1ccc(C(C)C)cc1. The van der Waals surface area contributed by atoms with E-state index < -0.39 is 0 Å². The number of hydrogen-bond acceptors (Lipinski definition) is 2. The topological polar surface area (TPSA) is 40.5 Å². The van der Waals surface area contributed by atoms with Crippen molar-refractivity contribution in [2.45, 2.75) is 70.4 Å². The molecule has 0 bridgehead atoms. The Kier molecular flexibility index (Phi) is 4.77. The molecule has 2 fully saturated rings. The van der Waals surface area contributed by atoms with Crippen molar-refractivity contribution in [2.24, 2.45) is 5.92 Å². The molecular formula is C20H29NO2. The Morgan fingerprint density at radius 2 is 1.96 bits per heavy atom. The Hall–Kier alpha value is -1.35. The number of benzene rings is 1. The summed E-state index contributed by atoms with van der Waals surface area (Å²) in [5, 5.41) is 9.63. The van der Waals surface area contributed by atoms with E-state index in [1.54, 1.807) is 0 Å². The predicted molar refractivity (Wildman–Crippen MR) is 92.4 cm³/mol. The first-order chi connectivity index (χ1) is 11.0. The van der Waals surface area contributed by atoms with Crippen molar-refractivity contribution in [2.75, 3.05) is 6.54 Å². The van der Waals surface area contributed by atoms with Gasteiger partial charge in [-0.3, -0.25) is 4.79 Å². The van der Waals surface area contributed by atoms with Crippen LogP contribution >= 0.6 is 0 Å². The van der Waals surface area contributed by atoms with Crippen LogP contribution in [0.4, 0.5) is 0 Å². The first kappa shape index (κ1) is 16.5. The fourth-order valence-corrected chi connectivity index (χ4v) is 3.94. The van der Waals surface area contributed by atoms with E-state index in [0.717, 1.165) is 25.8 Å². The number of likely N-dealkylation sites (tertiary alicyclic amines) is 1. The monoisotopic (exact) mass is 315 g/mol. The Bertz CT molecular complexity index is 549. The number of rotatable bonds is 5. The highest BCUT2D eigenvalue weighted by atomic mass is 16.3. The van der Waals surface area contributed by atoms with Gasteiger partial charge in [-0.2, -0.15) is 0 Å². The lowest BCUT2D eigenvalue weighted by atomic mass is 9.99. The fraction of sp³-hybridized carbons (Fsp3) is 0.650. The van der Waals surface area contributed by atoms with E-state index in [1.165, 1.54) is 11.1 Å². The third-order valence-corrected chi connectivity index (χ3v) is 5.41. The summed E-state index contributed by atoms with van der Waals surface area (Å²) >= 11 is 0. The van der Waals surface area contributed by atoms with Crippen LogP contribution in [0.3, 0.4) is 0 Å². The summed E-state index contributed by atoms with van der Waals surface area (Å²) in [4.78, 5) is 14.8. The van der Waals surface area contributed by atoms with Gasteiger partial charge in [0, 0.05) is 18.5 Å². The molecule has 4 atom stereocenters. The number of amides is 1. The van der Waals surface area contributed by atoms with Crippen molar-refractivity contribution < 1.29 is 9.90 Å². The summed E-state index contributed by atoms with van der Waals surface area (Å²) in [6.07, 6.45) is 3.48. The molecule has 0 radical (unpaired) electrons. The van der Waals surface area contributed by atoms with Gasteiger partial charge in [-0.05, 0) is 55.6 Å². The molecule has 2 aliphatic rings. The van der Waals surface area contributed by atoms with Crippen molar-refractivity contribution >= 4 is 5.91 Å². The minimum atomic E-state index is -0.327. The zero-order valence-electron chi connectivity index (χ0n) is 14.5. The molecule has 1 saturated carbocycles. The maximum atomic E-state index is 12.8. The van der Waals surface area contributed by atoms with Gasteiger partial charge < -0.3 is 10.0 Å². The molecule has 1 N–H and O–H groups in total. The third-order valence-electron chi connectivity index (χ3n) is 5.41. The highest BCUT2D eigenvalue weighted by Crippen LogP contribution is 2.49. The molecule has 1 aliphatic heterocycles. The van der Waals surface area contributed by atoms with Crippen LogP contribution in [0, 0.1) is 5.92 Å². The molecule has 0 aromatic heterocycles. The lowest BCUT2D eigenvalue weighted by molar-refractivity contribution is -0.133. The smallest absolute Gasteiger partial charge is 0.226 e. The van der Waals surface area contributed by atoms with Crippen molar-refractivity contribution in [1.82, 2.24) is 4.90 Å². The lowest BCUT2D eigenvalue weighted by Gasteiger charge is -2.26. The molecule has 1 saturated heterocycles. The van der Waals surface area contributed by atoms with Crippen LogP contribution in [-0.4, -0.2) is 34.6 Å². The first-order valence-corrected chi connectivity index (χ1v) is 9.05. The van der Waals surface area contributed by atoms with Crippen LogP contribution in [0.2, 0.25) is 0 Å². The van der Waals surface area contributed by atoms with Gasteiger partial charge in [0.25, 0.3) is 0 Å². The van der Waals surface area contributed by atoms with E-state index >= 15 is 0 Å². The number of carbonyl (C=O) groups excluding carboxylic acids is 1. The molecule has 3 rings (SSSR count). The molecule has 1 aromatic rings. The normalized spacial score (nSPS) is 28.2. The number of aliphatic hydroxyl groups is 1. The van der Waals surface area contributed by atoms with E-state index in [-0.39, 0.29) is 18.1 Å². The van der Waals surface area contributed by atoms with E-state index in [1.807, 2.05) is 11.8 Å². The third kappa shape index (κ3) is 3.60. The maximum absolute atomic E-state index is 12.8. The van der Waals surface area contributed by atoms with Gasteiger partial charge in [0.1, 0.15) is 0 Å². The molecule has 23 heavy (non-hydrogen) atoms. The second-order valence-corrected chi connectivity index (χ2v) is 7.68. The van der Waals surface area contributed by atoms with Gasteiger partial charge in [0.15, 0.2) is 0 Å². The molecule has 3 nitrogen and oxygen atoms in total. The minimum Gasteiger partial charge on any atom is -0.393 e. The van der Waals surface area contributed by atoms with Gasteiger partial charge in [-0.1, -0.05) is 38.1 Å². The largest absolute Gasteiger partial charge is 0.393 e. The summed E-state index contributed by atoms with van der Waals surface area (Å²) in [5.41, 5.74) is 2.66. The van der Waals surface area contributed by atoms with Gasteiger partial charge >= 0.3 is 0 Å². The molecule has 126 valence electrons. The molecule has 1 aromatic carbocycles. The average Bonchev–Trinajstić information content (AvgIpc) is 3.19. The molecule has 0 spiro atoms. The minimum absolute atomic E-state index is 0.162. The Morgan fingerprint density at radius 3 is 2.57 bits per heavy atom. The standard InChI is InChI=1S/C20H29NO2/c1-13(2)15-6-8-16(9-7-15)18-12-19(18)20(23)21-10-4-5-17(21)11-14(3)22/h6-9,13-14,17-19,22H,4-5,10-12H2,1-3H3. The molecule has 1 aliphatic carbocycles. The van der Waals surface area contributed by atoms with E-state index in [4.69, 9.17) is 0 Å². The molecule has 1 heterocycles. The van der Waals surface area contributed by atoms with E-state index in [0.29, 0.717) is 24.2 Å². The average molecular weight is 315 g/mol. The summed E-state index contributed by atoms with van der Waals surface area (Å²) in [7, 11) is 0. The summed E-state index contributed by atoms with van der Waals surface area (Å²) in [6.45, 7) is 7.09. The number of carbonyl (C=O) groups is 1. The molecular weight excluding hydrogens is 286 g/mol. The van der Waals surface area contributed by atoms with Crippen LogP contribution in [0.5, 0.6) is 0 Å². The maximum Gasteiger partial charge on any atom is 0.226 e. The molecule has 3 heteroatoms. The van der Waals surface area contributed by atoms with Crippen LogP contribution in [0.1, 0.15) is 69.4 Å². The highest BCUT2D eigenvalue weighted by Gasteiger charge is 2.47. The first-order valence-electron chi connectivity index (χ1n) is 9.05. The van der Waals surface area contributed by atoms with Crippen LogP contribution in [-0.2, 0) is 4.79 Å². The lowest BCUT2D eigenvalue weighted by Crippen LogP contribution is -2.38. The predicted octanol–water partition coefficient (Wildman–Crippen LogP) is 3.68. The summed E-state index contributed by atoms with van der Waals surface area (Å²) < 4.78 is 0. The fourth-order valence-electron chi connectivity index (χ4n) is 3.94. The second-order valence-electron chi connectivity index (χ2n) is 7.68.